The van der Waals surface area contributed by atoms with Gasteiger partial charge in [0.2, 0.25) is 5.60 Å². The van der Waals surface area contributed by atoms with Gasteiger partial charge in [-0.25, -0.2) is 9.18 Å². The molecule has 2 unspecified atom stereocenters. The van der Waals surface area contributed by atoms with Crippen LogP contribution in [0.15, 0.2) is 22.2 Å². The molecular weight excluding hydrogens is 377 g/mol. The van der Waals surface area contributed by atoms with E-state index in [9.17, 15) is 14.7 Å². The van der Waals surface area contributed by atoms with Gasteiger partial charge in [-0.15, -0.1) is 0 Å². The zero-order valence-corrected chi connectivity index (χ0v) is 15.1. The number of rotatable bonds is 6. The summed E-state index contributed by atoms with van der Waals surface area (Å²) in [7, 11) is 0. The van der Waals surface area contributed by atoms with Crippen LogP contribution in [0.1, 0.15) is 20.1 Å². The van der Waals surface area contributed by atoms with E-state index in [1.54, 1.807) is 13.8 Å². The molecule has 12 nitrogen and oxygen atoms in total. The lowest BCUT2D eigenvalue weighted by Crippen LogP contribution is -2.45. The van der Waals surface area contributed by atoms with Gasteiger partial charge >= 0.3 is 11.7 Å². The first-order chi connectivity index (χ1) is 13.1. The van der Waals surface area contributed by atoms with Crippen molar-refractivity contribution in [3.8, 4) is 0 Å². The van der Waals surface area contributed by atoms with Crippen molar-refractivity contribution in [3.05, 3.63) is 33.2 Å². The third kappa shape index (κ3) is 2.63. The molecule has 1 saturated carbocycles. The van der Waals surface area contributed by atoms with Crippen LogP contribution in [0.25, 0.3) is 10.4 Å². The van der Waals surface area contributed by atoms with Gasteiger partial charge in [0.15, 0.2) is 18.0 Å². The van der Waals surface area contributed by atoms with Crippen LogP contribution < -0.4 is 17.2 Å². The Hall–Kier alpha value is -2.73. The van der Waals surface area contributed by atoms with Gasteiger partial charge in [0.05, 0.1) is 6.54 Å². The fourth-order valence-corrected chi connectivity index (χ4v) is 3.42. The SMILES string of the molecule is CC(C)C(N)C(=O)O[C@]12C(O)[C@@]1(CN=[N+]=[N-])O[C@@H](n1ccc(N)nc1=O)[C@@H]2F. The molecule has 1 aliphatic carbocycles. The minimum atomic E-state index is -2.17. The Morgan fingerprint density at radius 2 is 2.32 bits per heavy atom. The van der Waals surface area contributed by atoms with Gasteiger partial charge in [-0.05, 0) is 17.5 Å². The fourth-order valence-electron chi connectivity index (χ4n) is 3.42. The molecule has 3 rings (SSSR count). The minimum absolute atomic E-state index is 0.0762. The monoisotopic (exact) mass is 397 g/mol. The molecular formula is C15H20FN7O5. The number of ether oxygens (including phenoxy) is 2. The van der Waals surface area contributed by atoms with Crippen molar-refractivity contribution >= 4 is 11.8 Å². The van der Waals surface area contributed by atoms with Crippen molar-refractivity contribution in [2.75, 3.05) is 12.3 Å². The van der Waals surface area contributed by atoms with Crippen molar-refractivity contribution in [2.24, 2.45) is 16.8 Å². The molecule has 1 aliphatic heterocycles. The molecule has 13 heteroatoms. The summed E-state index contributed by atoms with van der Waals surface area (Å²) in [5.74, 6) is -1.34. The predicted octanol–water partition coefficient (Wildman–Crippen LogP) is -0.619. The van der Waals surface area contributed by atoms with E-state index >= 15 is 4.39 Å². The van der Waals surface area contributed by atoms with Gasteiger partial charge in [-0.2, -0.15) is 4.98 Å². The lowest BCUT2D eigenvalue weighted by molar-refractivity contribution is -0.162. The van der Waals surface area contributed by atoms with E-state index in [0.29, 0.717) is 0 Å². The fraction of sp³-hybridized carbons (Fsp3) is 0.667. The molecule has 152 valence electrons. The van der Waals surface area contributed by atoms with E-state index in [2.05, 4.69) is 15.0 Å². The lowest BCUT2D eigenvalue weighted by Gasteiger charge is -2.24. The maximum Gasteiger partial charge on any atom is 0.351 e. The lowest BCUT2D eigenvalue weighted by atomic mass is 10.1. The van der Waals surface area contributed by atoms with Crippen LogP contribution in [0.5, 0.6) is 0 Å². The Bertz CT molecular complexity index is 903. The molecule has 2 heterocycles. The summed E-state index contributed by atoms with van der Waals surface area (Å²) in [5, 5.41) is 13.7. The predicted molar refractivity (Wildman–Crippen MR) is 92.3 cm³/mol. The molecule has 0 aromatic carbocycles. The second-order valence-electron chi connectivity index (χ2n) is 7.12. The number of aromatic nitrogens is 2. The average Bonchev–Trinajstić information content (AvgIpc) is 3.01. The number of nitrogens with two attached hydrogens (primary N) is 2. The van der Waals surface area contributed by atoms with E-state index in [1.807, 2.05) is 0 Å². The number of halogens is 1. The van der Waals surface area contributed by atoms with Gasteiger partial charge in [0.25, 0.3) is 0 Å². The van der Waals surface area contributed by atoms with E-state index in [0.717, 1.165) is 10.8 Å². The second-order valence-corrected chi connectivity index (χ2v) is 7.12. The van der Waals surface area contributed by atoms with E-state index in [1.165, 1.54) is 6.07 Å². The van der Waals surface area contributed by atoms with Gasteiger partial charge in [0.1, 0.15) is 18.0 Å². The highest BCUT2D eigenvalue weighted by Gasteiger charge is 2.91. The van der Waals surface area contributed by atoms with Crippen LogP contribution in [-0.4, -0.2) is 56.7 Å². The topological polar surface area (TPSA) is 191 Å². The van der Waals surface area contributed by atoms with Crippen LogP contribution >= 0.6 is 0 Å². The zero-order valence-electron chi connectivity index (χ0n) is 15.1. The van der Waals surface area contributed by atoms with Crippen molar-refractivity contribution in [3.63, 3.8) is 0 Å². The summed E-state index contributed by atoms with van der Waals surface area (Å²) in [4.78, 5) is 30.5. The Kier molecular flexibility index (Phi) is 4.79. The highest BCUT2D eigenvalue weighted by Crippen LogP contribution is 2.65. The number of azide groups is 1. The first kappa shape index (κ1) is 20.0. The molecule has 0 bridgehead atoms. The maximum atomic E-state index is 15.4. The van der Waals surface area contributed by atoms with Crippen LogP contribution in [0.2, 0.25) is 0 Å². The molecule has 0 radical (unpaired) electrons. The first-order valence-electron chi connectivity index (χ1n) is 8.46. The number of nitrogens with zero attached hydrogens (tertiary/aromatic N) is 5. The van der Waals surface area contributed by atoms with E-state index < -0.39 is 54.0 Å². The zero-order chi connectivity index (χ0) is 20.9. The minimum Gasteiger partial charge on any atom is -0.448 e. The molecule has 1 aromatic heterocycles. The molecule has 2 fully saturated rings. The van der Waals surface area contributed by atoms with Crippen molar-refractivity contribution in [1.82, 2.24) is 9.55 Å². The standard InChI is InChI=1S/C15H20FN7O5/c1-6(2)8(18)11(24)28-15-9(16)10(23-4-3-7(17)21-13(23)26)27-14(15,12(15)25)5-20-22-19/h3-4,6,8-10,12,25H,5,18H2,1-2H3,(H2,17,21,26)/t8?,9-,10+,12?,14+,15+/m0/s1. The molecule has 1 aromatic rings. The number of aliphatic hydroxyl groups is 1. The molecule has 1 saturated heterocycles. The highest BCUT2D eigenvalue weighted by atomic mass is 19.1. The number of aliphatic hydroxyl groups excluding tert-OH is 1. The normalized spacial score (nSPS) is 34.4. The van der Waals surface area contributed by atoms with Crippen molar-refractivity contribution in [2.45, 2.75) is 49.6 Å². The van der Waals surface area contributed by atoms with E-state index in [4.69, 9.17) is 26.5 Å². The number of alkyl halides is 1. The van der Waals surface area contributed by atoms with Crippen LogP contribution in [0, 0.1) is 5.92 Å². The summed E-state index contributed by atoms with van der Waals surface area (Å²) in [6, 6.07) is 0.178. The molecule has 0 amide bonds. The van der Waals surface area contributed by atoms with Gasteiger partial charge in [-0.3, -0.25) is 9.36 Å². The summed E-state index contributed by atoms with van der Waals surface area (Å²) in [6.07, 6.45) is -4.20. The smallest absolute Gasteiger partial charge is 0.351 e. The average molecular weight is 397 g/mol. The highest BCUT2D eigenvalue weighted by molar-refractivity contribution is 5.77. The summed E-state index contributed by atoms with van der Waals surface area (Å²) < 4.78 is 27.1. The van der Waals surface area contributed by atoms with Gasteiger partial charge in [-0.1, -0.05) is 19.0 Å². The van der Waals surface area contributed by atoms with Crippen LogP contribution in [0.4, 0.5) is 10.2 Å². The third-order valence-corrected chi connectivity index (χ3v) is 5.17. The Labute approximate surface area is 157 Å². The van der Waals surface area contributed by atoms with Crippen molar-refractivity contribution < 1.29 is 23.8 Å². The number of fused-ring (bicyclic) bond motifs is 1. The molecule has 6 atom stereocenters. The van der Waals surface area contributed by atoms with Crippen molar-refractivity contribution in [1.29, 1.82) is 0 Å². The second kappa shape index (κ2) is 6.71. The van der Waals surface area contributed by atoms with Gasteiger partial charge in [0, 0.05) is 11.1 Å². The first-order valence-corrected chi connectivity index (χ1v) is 8.46. The van der Waals surface area contributed by atoms with E-state index in [-0.39, 0.29) is 11.7 Å². The maximum absolute atomic E-state index is 15.4. The Balaban J connectivity index is 2.00. The largest absolute Gasteiger partial charge is 0.448 e. The van der Waals surface area contributed by atoms with Crippen LogP contribution in [0.3, 0.4) is 0 Å². The number of carbonyl (C=O) groups is 1. The summed E-state index contributed by atoms with van der Waals surface area (Å²) >= 11 is 0. The molecule has 2 aliphatic rings. The number of esters is 1. The van der Waals surface area contributed by atoms with Crippen LogP contribution in [-0.2, 0) is 14.3 Å². The molecule has 0 spiro atoms. The number of carbonyl (C=O) groups excluding carboxylic acids is 1. The number of anilines is 1. The third-order valence-electron chi connectivity index (χ3n) is 5.17. The Morgan fingerprint density at radius 1 is 1.64 bits per heavy atom. The molecule has 28 heavy (non-hydrogen) atoms. The summed E-state index contributed by atoms with van der Waals surface area (Å²) in [5.41, 5.74) is 14.9. The number of hydrogen-bond acceptors (Lipinski definition) is 9. The quantitative estimate of drug-likeness (QED) is 0.245. The molecule has 5 N–H and O–H groups in total. The Morgan fingerprint density at radius 3 is 2.89 bits per heavy atom. The number of hydrogen-bond donors (Lipinski definition) is 3. The summed E-state index contributed by atoms with van der Waals surface area (Å²) in [6.45, 7) is 2.81. The number of nitrogen functional groups attached to an aromatic ring is 1. The van der Waals surface area contributed by atoms with Gasteiger partial charge < -0.3 is 26.0 Å².